The molecule has 0 unspecified atom stereocenters. The first kappa shape index (κ1) is 90.0. The highest BCUT2D eigenvalue weighted by atomic mass is 33.1. The highest BCUT2D eigenvalue weighted by Gasteiger charge is 2.59. The number of ether oxygens (including phenoxy) is 20. The topological polar surface area (TPSA) is 287 Å². The average Bonchev–Trinajstić information content (AvgIpc) is 0.769. The quantitative estimate of drug-likeness (QED) is 0.0149. The maximum atomic E-state index is 13.7. The molecule has 0 amide bonds. The second-order valence-electron chi connectivity index (χ2n) is 29.0. The van der Waals surface area contributed by atoms with Crippen LogP contribution >= 0.6 is 21.6 Å². The summed E-state index contributed by atoms with van der Waals surface area (Å²) in [6.07, 6.45) is -27.0. The van der Waals surface area contributed by atoms with Gasteiger partial charge in [-0.05, 0) is 44.5 Å². The highest BCUT2D eigenvalue weighted by molar-refractivity contribution is 8.76. The molecule has 4 aliphatic rings. The standard InChI is InChI=1S/C92H102O26S2/c1-59(93)107-79-75(115-91(87(111-63(5)97)83(79)109-61(3)95)117-77-73(55-99-47-65-31-15-7-16-32-65)113-89(105-53-71-43-27-13-28-44-71)85(103-51-69-39-23-11-24-40-69)81(77)101-49-67-35-19-9-20-36-67)57-119-120-58-76-80(108-60(2)94)84(110-62(4)96)88(112-64(6)98)92(116-76)118-78-74(56-100-48-66-33-17-8-18-34-66)114-90(106-54-72-45-29-14-30-46-72)86(104-52-70-41-25-12-26-42-70)82(78)102-50-68-37-21-10-22-38-68/h7-46,73-92H,47-58H2,1-6H3/t73-,74-,75-,76-,77-,78-,79-,80-,81+,82+,83+,84+,85-,86-,87-,88-,89-,90-,91+,92+/m1/s1. The third-order valence-corrected chi connectivity index (χ3v) is 22.2. The molecule has 0 bridgehead atoms. The summed E-state index contributed by atoms with van der Waals surface area (Å²) < 4.78 is 134. The zero-order chi connectivity index (χ0) is 84.0. The van der Waals surface area contributed by atoms with Crippen molar-refractivity contribution >= 4 is 57.4 Å². The molecule has 0 N–H and O–H groups in total. The molecule has 8 aromatic carbocycles. The van der Waals surface area contributed by atoms with Crippen molar-refractivity contribution in [2.45, 2.75) is 217 Å². The first-order valence-electron chi connectivity index (χ1n) is 39.8. The van der Waals surface area contributed by atoms with Crippen molar-refractivity contribution in [1.29, 1.82) is 0 Å². The molecular weight excluding hydrogens is 1590 g/mol. The first-order valence-corrected chi connectivity index (χ1v) is 42.3. The van der Waals surface area contributed by atoms with E-state index in [1.54, 1.807) is 0 Å². The van der Waals surface area contributed by atoms with Gasteiger partial charge in [-0.25, -0.2) is 0 Å². The molecule has 12 rings (SSSR count). The Morgan fingerprint density at radius 1 is 0.233 bits per heavy atom. The average molecular weight is 1690 g/mol. The lowest BCUT2D eigenvalue weighted by molar-refractivity contribution is -0.368. The van der Waals surface area contributed by atoms with Crippen molar-refractivity contribution in [1.82, 2.24) is 0 Å². The third-order valence-electron chi connectivity index (χ3n) is 19.8. The van der Waals surface area contributed by atoms with Gasteiger partial charge in [0.05, 0.1) is 66.1 Å². The van der Waals surface area contributed by atoms with E-state index in [1.165, 1.54) is 0 Å². The van der Waals surface area contributed by atoms with Gasteiger partial charge in [-0.1, -0.05) is 264 Å². The lowest BCUT2D eigenvalue weighted by Gasteiger charge is -2.49. The molecule has 0 aromatic heterocycles. The van der Waals surface area contributed by atoms with Crippen LogP contribution in [0, 0.1) is 0 Å². The Kier molecular flexibility index (Phi) is 35.0. The molecule has 26 nitrogen and oxygen atoms in total. The monoisotopic (exact) mass is 1690 g/mol. The number of hydrogen-bond donors (Lipinski definition) is 0. The predicted octanol–water partition coefficient (Wildman–Crippen LogP) is 12.8. The van der Waals surface area contributed by atoms with E-state index in [0.717, 1.165) is 108 Å². The Bertz CT molecular complexity index is 4120. The van der Waals surface area contributed by atoms with Crippen LogP contribution in [0.1, 0.15) is 86.1 Å². The number of benzene rings is 8. The van der Waals surface area contributed by atoms with Gasteiger partial charge in [0.25, 0.3) is 0 Å². The fourth-order valence-electron chi connectivity index (χ4n) is 14.4. The molecule has 4 fully saturated rings. The second-order valence-corrected chi connectivity index (χ2v) is 31.6. The highest BCUT2D eigenvalue weighted by Crippen LogP contribution is 2.42. The minimum Gasteiger partial charge on any atom is -0.456 e. The molecule has 0 spiro atoms. The Labute approximate surface area is 706 Å². The minimum atomic E-state index is -1.70. The van der Waals surface area contributed by atoms with E-state index in [0.29, 0.717) is 0 Å². The molecule has 638 valence electrons. The van der Waals surface area contributed by atoms with Crippen LogP contribution in [0.15, 0.2) is 243 Å². The number of carbonyl (C=O) groups is 6. The van der Waals surface area contributed by atoms with Crippen molar-refractivity contribution in [2.75, 3.05) is 24.7 Å². The van der Waals surface area contributed by atoms with Crippen LogP contribution < -0.4 is 0 Å². The molecule has 4 heterocycles. The summed E-state index contributed by atoms with van der Waals surface area (Å²) in [4.78, 5) is 81.7. The number of carbonyl (C=O) groups excluding carboxylic acids is 6. The molecule has 0 aliphatic carbocycles. The summed E-state index contributed by atoms with van der Waals surface area (Å²) in [6.45, 7) is 7.24. The summed E-state index contributed by atoms with van der Waals surface area (Å²) in [5, 5.41) is 0. The van der Waals surface area contributed by atoms with E-state index < -0.39 is 159 Å². The van der Waals surface area contributed by atoms with Crippen LogP contribution in [-0.4, -0.2) is 183 Å². The Balaban J connectivity index is 0.887. The van der Waals surface area contributed by atoms with E-state index in [4.69, 9.17) is 94.7 Å². The fraction of sp³-hybridized carbons (Fsp3) is 0.413. The summed E-state index contributed by atoms with van der Waals surface area (Å²) in [6, 6.07) is 76.1. The Morgan fingerprint density at radius 3 is 0.708 bits per heavy atom. The fourth-order valence-corrected chi connectivity index (χ4v) is 16.8. The van der Waals surface area contributed by atoms with Gasteiger partial charge in [0.15, 0.2) is 61.8 Å². The summed E-state index contributed by atoms with van der Waals surface area (Å²) in [5.74, 6) is -5.28. The first-order chi connectivity index (χ1) is 58.4. The van der Waals surface area contributed by atoms with Crippen LogP contribution in [0.2, 0.25) is 0 Å². The molecule has 8 aromatic rings. The van der Waals surface area contributed by atoms with Gasteiger partial charge < -0.3 is 94.7 Å². The summed E-state index contributed by atoms with van der Waals surface area (Å²) in [7, 11) is 2.29. The van der Waals surface area contributed by atoms with Gasteiger partial charge in [-0.3, -0.25) is 28.8 Å². The zero-order valence-corrected chi connectivity index (χ0v) is 69.2. The molecule has 0 radical (unpaired) electrons. The molecule has 4 saturated heterocycles. The van der Waals surface area contributed by atoms with Gasteiger partial charge in [0, 0.05) is 53.0 Å². The predicted molar refractivity (Wildman–Crippen MR) is 437 cm³/mol. The Hall–Kier alpha value is -9.28. The number of rotatable bonds is 41. The summed E-state index contributed by atoms with van der Waals surface area (Å²) >= 11 is 0. The molecule has 28 heteroatoms. The van der Waals surface area contributed by atoms with Crippen LogP contribution in [0.25, 0.3) is 0 Å². The van der Waals surface area contributed by atoms with Crippen LogP contribution in [0.4, 0.5) is 0 Å². The molecule has 20 atom stereocenters. The van der Waals surface area contributed by atoms with Crippen molar-refractivity contribution in [3.8, 4) is 0 Å². The smallest absolute Gasteiger partial charge is 0.303 e. The van der Waals surface area contributed by atoms with Gasteiger partial charge in [0.2, 0.25) is 0 Å². The molecular formula is C92H102O26S2. The largest absolute Gasteiger partial charge is 0.456 e. The molecule has 4 aliphatic heterocycles. The number of esters is 6. The number of hydrogen-bond acceptors (Lipinski definition) is 28. The lowest BCUT2D eigenvalue weighted by Crippen LogP contribution is -2.67. The van der Waals surface area contributed by atoms with Crippen molar-refractivity contribution in [2.24, 2.45) is 0 Å². The molecule has 120 heavy (non-hydrogen) atoms. The zero-order valence-electron chi connectivity index (χ0n) is 67.6. The van der Waals surface area contributed by atoms with E-state index in [1.807, 2.05) is 243 Å². The van der Waals surface area contributed by atoms with Gasteiger partial charge in [0.1, 0.15) is 61.0 Å². The third kappa shape index (κ3) is 27.1. The van der Waals surface area contributed by atoms with Crippen molar-refractivity contribution < 1.29 is 124 Å². The maximum absolute atomic E-state index is 13.7. The van der Waals surface area contributed by atoms with Crippen LogP contribution in [-0.2, 0) is 176 Å². The summed E-state index contributed by atoms with van der Waals surface area (Å²) in [5.41, 5.74) is 6.61. The second kappa shape index (κ2) is 46.7. The van der Waals surface area contributed by atoms with Crippen molar-refractivity contribution in [3.63, 3.8) is 0 Å². The molecule has 0 saturated carbocycles. The van der Waals surface area contributed by atoms with E-state index in [2.05, 4.69) is 0 Å². The normalized spacial score (nSPS) is 26.6. The lowest BCUT2D eigenvalue weighted by atomic mass is 9.96. The van der Waals surface area contributed by atoms with Gasteiger partial charge >= 0.3 is 35.8 Å². The van der Waals surface area contributed by atoms with Gasteiger partial charge in [-0.2, -0.15) is 0 Å². The van der Waals surface area contributed by atoms with Crippen LogP contribution in [0.5, 0.6) is 0 Å². The van der Waals surface area contributed by atoms with E-state index >= 15 is 0 Å². The van der Waals surface area contributed by atoms with Crippen molar-refractivity contribution in [3.05, 3.63) is 287 Å². The Morgan fingerprint density at radius 2 is 0.450 bits per heavy atom. The van der Waals surface area contributed by atoms with Gasteiger partial charge in [-0.15, -0.1) is 0 Å². The SMILES string of the molecule is CC(=O)O[C@@H]1[C@@H](OC(C)=O)[C@H](O[C@H]2[C@H](OCc3ccccc3)[C@@H](OCc3ccccc3)[C@H](OCc3ccccc3)O[C@@H]2COCc2ccccc2)O[C@H](CSSC[C@H]2O[C@@H](O[C@H]3[C@H](OCc4ccccc4)[C@@H](OCc4ccccc4)[C@H](OCc4ccccc4)O[C@@H]3COCc3ccccc3)[C@H](OC(C)=O)[C@@H](OC(C)=O)[C@@H]2OC(C)=O)[C@H]1OC(C)=O. The van der Waals surface area contributed by atoms with Crippen LogP contribution in [0.3, 0.4) is 0 Å². The van der Waals surface area contributed by atoms with E-state index in [9.17, 15) is 28.8 Å². The minimum absolute atomic E-state index is 0.0147. The van der Waals surface area contributed by atoms with E-state index in [-0.39, 0.29) is 77.6 Å². The maximum Gasteiger partial charge on any atom is 0.303 e.